The molecule has 0 saturated heterocycles. The second-order valence-electron chi connectivity index (χ2n) is 6.13. The number of hydrogen-bond acceptors (Lipinski definition) is 6. The minimum Gasteiger partial charge on any atom is -0.383 e. The number of amides is 2. The zero-order valence-electron chi connectivity index (χ0n) is 15.1. The van der Waals surface area contributed by atoms with E-state index in [9.17, 15) is 9.59 Å². The summed E-state index contributed by atoms with van der Waals surface area (Å²) in [5.41, 5.74) is 2.07. The number of ether oxygens (including phenoxy) is 1. The lowest BCUT2D eigenvalue weighted by molar-refractivity contribution is -0.122. The van der Waals surface area contributed by atoms with Crippen LogP contribution in [0, 0.1) is 6.92 Å². The zero-order valence-corrected chi connectivity index (χ0v) is 15.1. The Kier molecular flexibility index (Phi) is 5.17. The van der Waals surface area contributed by atoms with Crippen LogP contribution in [-0.2, 0) is 23.1 Å². The van der Waals surface area contributed by atoms with Crippen molar-refractivity contribution >= 4 is 23.5 Å². The van der Waals surface area contributed by atoms with Crippen LogP contribution in [0.2, 0.25) is 0 Å². The molecule has 3 heterocycles. The van der Waals surface area contributed by atoms with Crippen LogP contribution in [0.1, 0.15) is 21.7 Å². The largest absolute Gasteiger partial charge is 0.383 e. The standard InChI is InChI=1S/C17H22N6O3/c1-11-8-14(22(2)21-11)19-13-5-4-12-9-23(17(25)16(12)20-13)10-15(24)18-6-7-26-3/h4-5,8H,6-7,9-10H2,1-3H3,(H,18,24)(H,19,20). The molecule has 2 aromatic heterocycles. The monoisotopic (exact) mass is 358 g/mol. The number of fused-ring (bicyclic) bond motifs is 1. The lowest BCUT2D eigenvalue weighted by atomic mass is 10.2. The van der Waals surface area contributed by atoms with Gasteiger partial charge in [-0.1, -0.05) is 6.07 Å². The van der Waals surface area contributed by atoms with Crippen molar-refractivity contribution in [3.05, 3.63) is 35.2 Å². The fourth-order valence-corrected chi connectivity index (χ4v) is 2.81. The van der Waals surface area contributed by atoms with Crippen LogP contribution in [0.5, 0.6) is 0 Å². The van der Waals surface area contributed by atoms with E-state index in [0.717, 1.165) is 17.1 Å². The number of nitrogens with one attached hydrogen (secondary N) is 2. The topological polar surface area (TPSA) is 101 Å². The number of methoxy groups -OCH3 is 1. The van der Waals surface area contributed by atoms with Gasteiger partial charge in [0.2, 0.25) is 5.91 Å². The highest BCUT2D eigenvalue weighted by atomic mass is 16.5. The van der Waals surface area contributed by atoms with Crippen LogP contribution < -0.4 is 10.6 Å². The second-order valence-corrected chi connectivity index (χ2v) is 6.13. The maximum absolute atomic E-state index is 12.6. The van der Waals surface area contributed by atoms with E-state index in [4.69, 9.17) is 4.74 Å². The number of carbonyl (C=O) groups excluding carboxylic acids is 2. The molecule has 2 amide bonds. The van der Waals surface area contributed by atoms with Gasteiger partial charge in [-0.25, -0.2) is 4.98 Å². The van der Waals surface area contributed by atoms with Gasteiger partial charge in [0.15, 0.2) is 0 Å². The molecular weight excluding hydrogens is 336 g/mol. The van der Waals surface area contributed by atoms with Crippen LogP contribution in [0.25, 0.3) is 0 Å². The molecule has 0 aromatic carbocycles. The summed E-state index contributed by atoms with van der Waals surface area (Å²) in [6.45, 7) is 3.14. The van der Waals surface area contributed by atoms with E-state index in [-0.39, 0.29) is 18.4 Å². The Labute approximate surface area is 151 Å². The zero-order chi connectivity index (χ0) is 18.7. The molecule has 138 valence electrons. The Morgan fingerprint density at radius 2 is 2.19 bits per heavy atom. The minimum absolute atomic E-state index is 0.00257. The van der Waals surface area contributed by atoms with Crippen LogP contribution >= 0.6 is 0 Å². The number of aromatic nitrogens is 3. The number of nitrogens with zero attached hydrogens (tertiary/aromatic N) is 4. The first-order valence-electron chi connectivity index (χ1n) is 8.30. The molecule has 2 N–H and O–H groups in total. The number of pyridine rings is 1. The highest BCUT2D eigenvalue weighted by Crippen LogP contribution is 2.24. The third kappa shape index (κ3) is 3.83. The molecule has 0 unspecified atom stereocenters. The van der Waals surface area contributed by atoms with E-state index < -0.39 is 0 Å². The van der Waals surface area contributed by atoms with E-state index in [1.165, 1.54) is 4.90 Å². The molecule has 0 bridgehead atoms. The van der Waals surface area contributed by atoms with E-state index in [2.05, 4.69) is 20.7 Å². The lowest BCUT2D eigenvalue weighted by Gasteiger charge is -2.14. The second kappa shape index (κ2) is 7.52. The molecule has 0 fully saturated rings. The molecule has 0 radical (unpaired) electrons. The first-order valence-corrected chi connectivity index (χ1v) is 8.30. The summed E-state index contributed by atoms with van der Waals surface area (Å²) in [5, 5.41) is 10.1. The maximum atomic E-state index is 12.6. The van der Waals surface area contributed by atoms with Crippen molar-refractivity contribution in [2.75, 3.05) is 32.1 Å². The van der Waals surface area contributed by atoms with E-state index in [0.29, 0.717) is 31.2 Å². The van der Waals surface area contributed by atoms with Gasteiger partial charge >= 0.3 is 0 Å². The summed E-state index contributed by atoms with van der Waals surface area (Å²) in [7, 11) is 3.40. The molecule has 0 saturated carbocycles. The number of rotatable bonds is 7. The Morgan fingerprint density at radius 1 is 1.38 bits per heavy atom. The van der Waals surface area contributed by atoms with Crippen molar-refractivity contribution < 1.29 is 14.3 Å². The molecule has 0 aliphatic carbocycles. The molecule has 0 spiro atoms. The molecule has 1 aliphatic rings. The fourth-order valence-electron chi connectivity index (χ4n) is 2.81. The van der Waals surface area contributed by atoms with E-state index in [1.54, 1.807) is 11.8 Å². The number of hydrogen-bond donors (Lipinski definition) is 2. The highest BCUT2D eigenvalue weighted by molar-refractivity contribution is 5.99. The van der Waals surface area contributed by atoms with Crippen molar-refractivity contribution in [1.29, 1.82) is 0 Å². The molecule has 2 aromatic rings. The first-order chi connectivity index (χ1) is 12.5. The van der Waals surface area contributed by atoms with Crippen molar-refractivity contribution in [2.24, 2.45) is 7.05 Å². The van der Waals surface area contributed by atoms with Crippen LogP contribution in [0.3, 0.4) is 0 Å². The molecule has 1 aliphatic heterocycles. The summed E-state index contributed by atoms with van der Waals surface area (Å²) in [5.74, 6) is 0.889. The third-order valence-corrected chi connectivity index (χ3v) is 4.05. The van der Waals surface area contributed by atoms with E-state index >= 15 is 0 Å². The van der Waals surface area contributed by atoms with Gasteiger partial charge in [0.05, 0.1) is 12.3 Å². The summed E-state index contributed by atoms with van der Waals surface area (Å²) in [4.78, 5) is 30.4. The van der Waals surface area contributed by atoms with Gasteiger partial charge in [-0.2, -0.15) is 5.10 Å². The SMILES string of the molecule is COCCNC(=O)CN1Cc2ccc(Nc3cc(C)nn3C)nc2C1=O. The van der Waals surface area contributed by atoms with Gasteiger partial charge in [0.25, 0.3) is 5.91 Å². The normalized spacial score (nSPS) is 13.0. The van der Waals surface area contributed by atoms with Crippen molar-refractivity contribution in [2.45, 2.75) is 13.5 Å². The van der Waals surface area contributed by atoms with E-state index in [1.807, 2.05) is 32.2 Å². The number of aryl methyl sites for hydroxylation is 2. The Morgan fingerprint density at radius 3 is 2.88 bits per heavy atom. The number of carbonyl (C=O) groups is 2. The summed E-state index contributed by atoms with van der Waals surface area (Å²) < 4.78 is 6.60. The molecule has 9 nitrogen and oxygen atoms in total. The van der Waals surface area contributed by atoms with Gasteiger partial charge < -0.3 is 20.3 Å². The van der Waals surface area contributed by atoms with Gasteiger partial charge in [-0.3, -0.25) is 14.3 Å². The average molecular weight is 358 g/mol. The highest BCUT2D eigenvalue weighted by Gasteiger charge is 2.30. The lowest BCUT2D eigenvalue weighted by Crippen LogP contribution is -2.38. The minimum atomic E-state index is -0.244. The van der Waals surface area contributed by atoms with Crippen LogP contribution in [-0.4, -0.2) is 58.3 Å². The smallest absolute Gasteiger partial charge is 0.273 e. The van der Waals surface area contributed by atoms with Gasteiger partial charge in [-0.05, 0) is 13.0 Å². The van der Waals surface area contributed by atoms with Gasteiger partial charge in [0.1, 0.15) is 23.9 Å². The number of anilines is 2. The van der Waals surface area contributed by atoms with Gasteiger partial charge in [0, 0.05) is 38.9 Å². The summed E-state index contributed by atoms with van der Waals surface area (Å²) >= 11 is 0. The quantitative estimate of drug-likeness (QED) is 0.703. The molecule has 26 heavy (non-hydrogen) atoms. The molecular formula is C17H22N6O3. The predicted octanol–water partition coefficient (Wildman–Crippen LogP) is 0.586. The molecule has 0 atom stereocenters. The summed E-state index contributed by atoms with van der Waals surface area (Å²) in [6, 6.07) is 5.57. The fraction of sp³-hybridized carbons (Fsp3) is 0.412. The van der Waals surface area contributed by atoms with Crippen LogP contribution in [0.4, 0.5) is 11.6 Å². The van der Waals surface area contributed by atoms with Gasteiger partial charge in [-0.15, -0.1) is 0 Å². The predicted molar refractivity (Wildman–Crippen MR) is 95.1 cm³/mol. The average Bonchev–Trinajstić information content (AvgIpc) is 3.07. The van der Waals surface area contributed by atoms with Crippen LogP contribution in [0.15, 0.2) is 18.2 Å². The Balaban J connectivity index is 1.67. The van der Waals surface area contributed by atoms with Crippen molar-refractivity contribution in [1.82, 2.24) is 25.0 Å². The molecule has 3 rings (SSSR count). The maximum Gasteiger partial charge on any atom is 0.273 e. The Bertz CT molecular complexity index is 832. The first kappa shape index (κ1) is 17.9. The summed E-state index contributed by atoms with van der Waals surface area (Å²) in [6.07, 6.45) is 0. The van der Waals surface area contributed by atoms with Crippen molar-refractivity contribution in [3.8, 4) is 0 Å². The Hall–Kier alpha value is -2.94. The van der Waals surface area contributed by atoms with Crippen molar-refractivity contribution in [3.63, 3.8) is 0 Å². The molecule has 9 heteroatoms. The third-order valence-electron chi connectivity index (χ3n) is 4.05.